The Balaban J connectivity index is 1.30. The quantitative estimate of drug-likeness (QED) is 0.271. The average molecular weight is 502 g/mol. The number of fused-ring (bicyclic) bond motifs is 3. The van der Waals surface area contributed by atoms with E-state index in [0.717, 1.165) is 11.0 Å². The molecule has 5 atom stereocenters. The molecule has 1 amide bonds. The SMILES string of the molecule is CNC(=O)C12CC1[C@@H](n1cnc3c(NC)nc(-n4cc(-c5cc6ccccc6o5)nn4)nc31)[C@H](O)[C@@H]2O. The molecule has 2 unspecified atom stereocenters. The molecule has 0 aliphatic heterocycles. The Kier molecular flexibility index (Phi) is 4.48. The van der Waals surface area contributed by atoms with Gasteiger partial charge in [0.25, 0.3) is 5.95 Å². The van der Waals surface area contributed by atoms with Crippen LogP contribution in [0.4, 0.5) is 5.82 Å². The number of hydrogen-bond donors (Lipinski definition) is 4. The first-order valence-corrected chi connectivity index (χ1v) is 11.9. The molecule has 13 nitrogen and oxygen atoms in total. The van der Waals surface area contributed by atoms with Crippen LogP contribution < -0.4 is 10.6 Å². The van der Waals surface area contributed by atoms with Crippen molar-refractivity contribution in [2.45, 2.75) is 24.7 Å². The van der Waals surface area contributed by atoms with Gasteiger partial charge in [0.1, 0.15) is 17.4 Å². The predicted octanol–water partition coefficient (Wildman–Crippen LogP) is 0.891. The number of furan rings is 1. The van der Waals surface area contributed by atoms with E-state index in [9.17, 15) is 15.0 Å². The van der Waals surface area contributed by atoms with Gasteiger partial charge in [0.15, 0.2) is 22.7 Å². The summed E-state index contributed by atoms with van der Waals surface area (Å²) in [5.74, 6) is 0.728. The summed E-state index contributed by atoms with van der Waals surface area (Å²) in [6.45, 7) is 0. The van der Waals surface area contributed by atoms with Crippen LogP contribution in [0.15, 0.2) is 47.3 Å². The van der Waals surface area contributed by atoms with Gasteiger partial charge in [0.2, 0.25) is 5.91 Å². The van der Waals surface area contributed by atoms with Crippen molar-refractivity contribution >= 4 is 33.9 Å². The van der Waals surface area contributed by atoms with Crippen molar-refractivity contribution in [3.8, 4) is 17.4 Å². The third-order valence-electron chi connectivity index (χ3n) is 7.67. The van der Waals surface area contributed by atoms with Crippen LogP contribution in [0.2, 0.25) is 0 Å². The second-order valence-corrected chi connectivity index (χ2v) is 9.50. The first-order valence-electron chi connectivity index (χ1n) is 11.9. The standard InChI is InChI=1S/C24H23N9O4/c1-25-20-16-21(32(10-27-16)17-12-8-24(12,22(36)26-2)19(35)18(17)34)29-23(28-20)33-9-13(30-31-33)15-7-11-5-3-4-6-14(11)37-15/h3-7,9-10,12,17-19,34-35H,8H2,1-2H3,(H,26,36)(H,25,28,29)/t12?,17-,18+,19+,24?/m1/s1. The number of aromatic nitrogens is 7. The van der Waals surface area contributed by atoms with E-state index in [1.54, 1.807) is 24.1 Å². The lowest BCUT2D eigenvalue weighted by Gasteiger charge is -2.23. The van der Waals surface area contributed by atoms with Crippen LogP contribution >= 0.6 is 0 Å². The summed E-state index contributed by atoms with van der Waals surface area (Å²) in [6.07, 6.45) is 1.35. The van der Waals surface area contributed by atoms with Crippen LogP contribution in [0, 0.1) is 11.3 Å². The molecule has 2 aliphatic rings. The van der Waals surface area contributed by atoms with E-state index in [0.29, 0.717) is 34.9 Å². The molecule has 0 bridgehead atoms. The van der Waals surface area contributed by atoms with E-state index in [2.05, 4.69) is 30.9 Å². The summed E-state index contributed by atoms with van der Waals surface area (Å²) in [6, 6.07) is 8.99. The van der Waals surface area contributed by atoms with Gasteiger partial charge in [-0.2, -0.15) is 14.6 Å². The van der Waals surface area contributed by atoms with Crippen LogP contribution in [0.25, 0.3) is 39.5 Å². The van der Waals surface area contributed by atoms with Gasteiger partial charge in [0, 0.05) is 25.4 Å². The molecule has 0 saturated heterocycles. The van der Waals surface area contributed by atoms with Crippen LogP contribution in [0.5, 0.6) is 0 Å². The van der Waals surface area contributed by atoms with Crippen molar-refractivity contribution < 1.29 is 19.4 Å². The summed E-state index contributed by atoms with van der Waals surface area (Å²) in [4.78, 5) is 26.3. The molecule has 4 heterocycles. The van der Waals surface area contributed by atoms with Gasteiger partial charge >= 0.3 is 0 Å². The molecule has 0 spiro atoms. The summed E-state index contributed by atoms with van der Waals surface area (Å²) >= 11 is 0. The molecule has 2 aliphatic carbocycles. The predicted molar refractivity (Wildman–Crippen MR) is 131 cm³/mol. The number of rotatable bonds is 5. The average Bonchev–Trinajstić information content (AvgIpc) is 3.33. The zero-order valence-corrected chi connectivity index (χ0v) is 19.9. The van der Waals surface area contributed by atoms with E-state index >= 15 is 0 Å². The summed E-state index contributed by atoms with van der Waals surface area (Å²) < 4.78 is 9.06. The van der Waals surface area contributed by atoms with E-state index in [4.69, 9.17) is 9.40 Å². The molecule has 7 rings (SSSR count). The Morgan fingerprint density at radius 1 is 1.22 bits per heavy atom. The largest absolute Gasteiger partial charge is 0.454 e. The highest BCUT2D eigenvalue weighted by molar-refractivity contribution is 5.88. The second-order valence-electron chi connectivity index (χ2n) is 9.50. The minimum absolute atomic E-state index is 0.231. The highest BCUT2D eigenvalue weighted by Crippen LogP contribution is 2.67. The summed E-state index contributed by atoms with van der Waals surface area (Å²) in [7, 11) is 3.25. The Labute approximate surface area is 209 Å². The number of hydrogen-bond acceptors (Lipinski definition) is 10. The smallest absolute Gasteiger partial charge is 0.256 e. The summed E-state index contributed by atoms with van der Waals surface area (Å²) in [5.41, 5.74) is 1.18. The van der Waals surface area contributed by atoms with E-state index in [1.807, 2.05) is 30.3 Å². The Bertz CT molecular complexity index is 1660. The number of imidazole rings is 1. The van der Waals surface area contributed by atoms with E-state index in [-0.39, 0.29) is 17.8 Å². The van der Waals surface area contributed by atoms with Crippen molar-refractivity contribution in [2.75, 3.05) is 19.4 Å². The molecular weight excluding hydrogens is 478 g/mol. The minimum atomic E-state index is -1.19. The molecule has 5 aromatic rings. The lowest BCUT2D eigenvalue weighted by atomic mass is 9.98. The Morgan fingerprint density at radius 2 is 2.05 bits per heavy atom. The number of carbonyl (C=O) groups excluding carboxylic acids is 1. The van der Waals surface area contributed by atoms with Gasteiger partial charge in [-0.25, -0.2) is 4.98 Å². The molecule has 2 fully saturated rings. The van der Waals surface area contributed by atoms with Crippen LogP contribution in [0.3, 0.4) is 0 Å². The van der Waals surface area contributed by atoms with Crippen LogP contribution in [-0.4, -0.2) is 76.9 Å². The van der Waals surface area contributed by atoms with Gasteiger partial charge in [-0.05, 0) is 18.6 Å². The minimum Gasteiger partial charge on any atom is -0.454 e. The number of anilines is 1. The zero-order valence-electron chi connectivity index (χ0n) is 19.9. The molecule has 4 aromatic heterocycles. The molecule has 0 radical (unpaired) electrons. The highest BCUT2D eigenvalue weighted by Gasteiger charge is 2.75. The maximum absolute atomic E-state index is 12.6. The fourth-order valence-corrected chi connectivity index (χ4v) is 5.77. The third kappa shape index (κ3) is 2.92. The fraction of sp³-hybridized carbons (Fsp3) is 0.333. The lowest BCUT2D eigenvalue weighted by molar-refractivity contribution is -0.132. The van der Waals surface area contributed by atoms with Gasteiger partial charge in [-0.15, -0.1) is 5.10 Å². The Morgan fingerprint density at radius 3 is 2.84 bits per heavy atom. The Hall–Kier alpha value is -4.36. The number of aliphatic hydroxyl groups excluding tert-OH is 2. The third-order valence-corrected chi connectivity index (χ3v) is 7.67. The maximum Gasteiger partial charge on any atom is 0.256 e. The van der Waals surface area contributed by atoms with Crippen molar-refractivity contribution in [1.29, 1.82) is 0 Å². The van der Waals surface area contributed by atoms with E-state index < -0.39 is 23.7 Å². The zero-order chi connectivity index (χ0) is 25.5. The van der Waals surface area contributed by atoms with Gasteiger partial charge in [0.05, 0.1) is 30.1 Å². The van der Waals surface area contributed by atoms with E-state index in [1.165, 1.54) is 11.7 Å². The highest BCUT2D eigenvalue weighted by atomic mass is 16.3. The number of aliphatic hydroxyl groups is 2. The lowest BCUT2D eigenvalue weighted by Crippen LogP contribution is -2.41. The number of nitrogens with zero attached hydrogens (tertiary/aromatic N) is 7. The van der Waals surface area contributed by atoms with Gasteiger partial charge < -0.3 is 29.8 Å². The maximum atomic E-state index is 12.6. The number of amides is 1. The molecule has 1 aromatic carbocycles. The van der Waals surface area contributed by atoms with Crippen molar-refractivity contribution in [3.63, 3.8) is 0 Å². The molecule has 2 saturated carbocycles. The monoisotopic (exact) mass is 501 g/mol. The van der Waals surface area contributed by atoms with Crippen molar-refractivity contribution in [2.24, 2.45) is 11.3 Å². The molecular formula is C24H23N9O4. The molecule has 37 heavy (non-hydrogen) atoms. The first kappa shape index (κ1) is 21.9. The van der Waals surface area contributed by atoms with Gasteiger partial charge in [-0.1, -0.05) is 23.4 Å². The molecule has 188 valence electrons. The molecule has 13 heteroatoms. The topological polar surface area (TPSA) is 169 Å². The van der Waals surface area contributed by atoms with Crippen LogP contribution in [-0.2, 0) is 4.79 Å². The van der Waals surface area contributed by atoms with Crippen LogP contribution in [0.1, 0.15) is 12.5 Å². The number of carbonyl (C=O) groups is 1. The van der Waals surface area contributed by atoms with Crippen molar-refractivity contribution in [1.82, 2.24) is 39.8 Å². The summed E-state index contributed by atoms with van der Waals surface area (Å²) in [5, 5.41) is 36.8. The fourth-order valence-electron chi connectivity index (χ4n) is 5.77. The number of para-hydroxylation sites is 1. The van der Waals surface area contributed by atoms with Crippen molar-refractivity contribution in [3.05, 3.63) is 42.9 Å². The normalized spacial score (nSPS) is 26.5. The second kappa shape index (κ2) is 7.57. The molecule has 4 N–H and O–H groups in total. The van der Waals surface area contributed by atoms with Gasteiger partial charge in [-0.3, -0.25) is 4.79 Å². The number of nitrogens with one attached hydrogen (secondary N) is 2. The number of benzene rings is 1. The first-order chi connectivity index (χ1) is 18.0.